The van der Waals surface area contributed by atoms with E-state index in [0.717, 1.165) is 7.11 Å². The van der Waals surface area contributed by atoms with Crippen molar-refractivity contribution in [2.75, 3.05) is 7.11 Å². The zero-order valence-corrected chi connectivity index (χ0v) is 10.5. The van der Waals surface area contributed by atoms with E-state index in [1.165, 1.54) is 6.92 Å². The Balaban J connectivity index is 3.12. The number of methoxy groups -OCH3 is 1. The zero-order valence-electron chi connectivity index (χ0n) is 10.5. The fourth-order valence-electron chi connectivity index (χ4n) is 1.38. The van der Waals surface area contributed by atoms with Gasteiger partial charge in [-0.1, -0.05) is 0 Å². The molecule has 1 aromatic rings. The van der Waals surface area contributed by atoms with Gasteiger partial charge in [0.15, 0.2) is 11.6 Å². The molecule has 9 heteroatoms. The van der Waals surface area contributed by atoms with E-state index in [1.807, 2.05) is 0 Å². The zero-order chi connectivity index (χ0) is 15.4. The van der Waals surface area contributed by atoms with E-state index in [-0.39, 0.29) is 0 Å². The maximum absolute atomic E-state index is 13.1. The quantitative estimate of drug-likeness (QED) is 0.509. The van der Waals surface area contributed by atoms with Crippen LogP contribution in [0.15, 0.2) is 12.1 Å². The smallest absolute Gasteiger partial charge is 0.328 e. The lowest BCUT2D eigenvalue weighted by Gasteiger charge is -2.11. The molecule has 0 saturated heterocycles. The minimum atomic E-state index is -1.45. The number of esters is 1. The Labute approximate surface area is 111 Å². The van der Waals surface area contributed by atoms with Crippen LogP contribution < -0.4 is 5.32 Å². The molecular weight excluding hydrogens is 278 g/mol. The van der Waals surface area contributed by atoms with Gasteiger partial charge in [-0.25, -0.2) is 13.6 Å². The van der Waals surface area contributed by atoms with E-state index >= 15 is 0 Å². The van der Waals surface area contributed by atoms with Crippen molar-refractivity contribution in [1.29, 1.82) is 0 Å². The van der Waals surface area contributed by atoms with Gasteiger partial charge in [-0.2, -0.15) is 0 Å². The SMILES string of the molecule is COC(=O)[C@H](C)NC(=O)c1cc(F)c(F)cc1[N+](=O)[O-]. The number of nitrogens with one attached hydrogen (secondary N) is 1. The highest BCUT2D eigenvalue weighted by Gasteiger charge is 2.26. The lowest BCUT2D eigenvalue weighted by molar-refractivity contribution is -0.385. The monoisotopic (exact) mass is 288 g/mol. The summed E-state index contributed by atoms with van der Waals surface area (Å²) >= 11 is 0. The van der Waals surface area contributed by atoms with E-state index in [4.69, 9.17) is 0 Å². The number of carbonyl (C=O) groups excluding carboxylic acids is 2. The number of halogens is 2. The first-order chi connectivity index (χ1) is 9.27. The molecule has 0 aliphatic carbocycles. The Morgan fingerprint density at radius 1 is 1.35 bits per heavy atom. The molecule has 0 aliphatic rings. The number of amides is 1. The summed E-state index contributed by atoms with van der Waals surface area (Å²) in [4.78, 5) is 32.5. The number of nitrogens with zero attached hydrogens (tertiary/aromatic N) is 1. The van der Waals surface area contributed by atoms with Gasteiger partial charge in [0.2, 0.25) is 0 Å². The minimum Gasteiger partial charge on any atom is -0.467 e. The molecule has 0 saturated carbocycles. The molecule has 0 fully saturated rings. The van der Waals surface area contributed by atoms with Crippen molar-refractivity contribution in [2.24, 2.45) is 0 Å². The molecule has 0 bridgehead atoms. The van der Waals surface area contributed by atoms with Gasteiger partial charge < -0.3 is 10.1 Å². The Hall–Kier alpha value is -2.58. The van der Waals surface area contributed by atoms with E-state index in [0.29, 0.717) is 12.1 Å². The van der Waals surface area contributed by atoms with Gasteiger partial charge >= 0.3 is 5.97 Å². The van der Waals surface area contributed by atoms with E-state index < -0.39 is 45.7 Å². The van der Waals surface area contributed by atoms with E-state index in [2.05, 4.69) is 10.1 Å². The highest BCUT2D eigenvalue weighted by molar-refractivity contribution is 6.00. The van der Waals surface area contributed by atoms with Crippen LogP contribution in [0, 0.1) is 21.7 Å². The van der Waals surface area contributed by atoms with Gasteiger partial charge in [0, 0.05) is 0 Å². The fourth-order valence-corrected chi connectivity index (χ4v) is 1.38. The summed E-state index contributed by atoms with van der Waals surface area (Å²) in [6.07, 6.45) is 0. The highest BCUT2D eigenvalue weighted by atomic mass is 19.2. The summed E-state index contributed by atoms with van der Waals surface area (Å²) in [6.45, 7) is 1.27. The second-order valence-corrected chi connectivity index (χ2v) is 3.76. The lowest BCUT2D eigenvalue weighted by atomic mass is 10.1. The summed E-state index contributed by atoms with van der Waals surface area (Å²) < 4.78 is 30.4. The van der Waals surface area contributed by atoms with Crippen LogP contribution in [0.5, 0.6) is 0 Å². The molecule has 1 rings (SSSR count). The number of nitro benzene ring substituents is 1. The third-order valence-electron chi connectivity index (χ3n) is 2.38. The predicted molar refractivity (Wildman–Crippen MR) is 62.0 cm³/mol. The number of hydrogen-bond acceptors (Lipinski definition) is 5. The molecule has 108 valence electrons. The first-order valence-electron chi connectivity index (χ1n) is 5.30. The number of ether oxygens (including phenoxy) is 1. The Morgan fingerprint density at radius 3 is 2.40 bits per heavy atom. The Morgan fingerprint density at radius 2 is 1.90 bits per heavy atom. The fraction of sp³-hybridized carbons (Fsp3) is 0.273. The molecule has 0 unspecified atom stereocenters. The van der Waals surface area contributed by atoms with Crippen molar-refractivity contribution in [1.82, 2.24) is 5.32 Å². The number of rotatable bonds is 4. The highest BCUT2D eigenvalue weighted by Crippen LogP contribution is 2.22. The maximum atomic E-state index is 13.1. The van der Waals surface area contributed by atoms with Crippen LogP contribution in [0.1, 0.15) is 17.3 Å². The van der Waals surface area contributed by atoms with E-state index in [9.17, 15) is 28.5 Å². The summed E-state index contributed by atoms with van der Waals surface area (Å²) in [6, 6.07) is -0.403. The number of benzene rings is 1. The van der Waals surface area contributed by atoms with Gasteiger partial charge in [0.1, 0.15) is 11.6 Å². The van der Waals surface area contributed by atoms with Crippen LogP contribution in [0.3, 0.4) is 0 Å². The molecule has 0 heterocycles. The first kappa shape index (κ1) is 15.5. The van der Waals surface area contributed by atoms with Gasteiger partial charge in [0.25, 0.3) is 11.6 Å². The second-order valence-electron chi connectivity index (χ2n) is 3.76. The van der Waals surface area contributed by atoms with Crippen molar-refractivity contribution >= 4 is 17.6 Å². The topological polar surface area (TPSA) is 98.5 Å². The summed E-state index contributed by atoms with van der Waals surface area (Å²) in [5.74, 6) is -4.74. The van der Waals surface area contributed by atoms with Crippen molar-refractivity contribution < 1.29 is 28.0 Å². The van der Waals surface area contributed by atoms with Crippen LogP contribution in [0.25, 0.3) is 0 Å². The molecule has 0 radical (unpaired) electrons. The molecule has 0 spiro atoms. The van der Waals surface area contributed by atoms with Gasteiger partial charge in [0.05, 0.1) is 18.1 Å². The number of hydrogen-bond donors (Lipinski definition) is 1. The number of carbonyl (C=O) groups is 2. The van der Waals surface area contributed by atoms with Gasteiger partial charge in [-0.15, -0.1) is 0 Å². The molecule has 0 aromatic heterocycles. The number of nitro groups is 1. The van der Waals surface area contributed by atoms with Crippen molar-refractivity contribution in [2.45, 2.75) is 13.0 Å². The third kappa shape index (κ3) is 3.25. The van der Waals surface area contributed by atoms with Gasteiger partial charge in [-0.05, 0) is 13.0 Å². The van der Waals surface area contributed by atoms with Crippen LogP contribution in [0.4, 0.5) is 14.5 Å². The summed E-state index contributed by atoms with van der Waals surface area (Å²) in [5.41, 5.74) is -1.59. The Bertz CT molecular complexity index is 576. The van der Waals surface area contributed by atoms with Crippen LogP contribution in [0.2, 0.25) is 0 Å². The lowest BCUT2D eigenvalue weighted by Crippen LogP contribution is -2.39. The predicted octanol–water partition coefficient (Wildman–Crippen LogP) is 1.16. The average Bonchev–Trinajstić information content (AvgIpc) is 2.39. The Kier molecular flexibility index (Phi) is 4.68. The van der Waals surface area contributed by atoms with Crippen LogP contribution in [-0.2, 0) is 9.53 Å². The third-order valence-corrected chi connectivity index (χ3v) is 2.38. The molecule has 7 nitrogen and oxygen atoms in total. The van der Waals surface area contributed by atoms with Crippen LogP contribution in [-0.4, -0.2) is 30.0 Å². The normalized spacial score (nSPS) is 11.6. The second kappa shape index (κ2) is 6.04. The van der Waals surface area contributed by atoms with E-state index in [1.54, 1.807) is 0 Å². The summed E-state index contributed by atoms with van der Waals surface area (Å²) in [5, 5.41) is 12.8. The summed E-state index contributed by atoms with van der Waals surface area (Å²) in [7, 11) is 1.09. The molecule has 1 N–H and O–H groups in total. The largest absolute Gasteiger partial charge is 0.467 e. The minimum absolute atomic E-state index is 0.299. The molecular formula is C11H10F2N2O5. The van der Waals surface area contributed by atoms with Crippen LogP contribution >= 0.6 is 0 Å². The standard InChI is InChI=1S/C11H10F2N2O5/c1-5(11(17)20-2)14-10(16)6-3-7(12)8(13)4-9(6)15(18)19/h3-5H,1-2H3,(H,14,16)/t5-/m0/s1. The van der Waals surface area contributed by atoms with Crippen molar-refractivity contribution in [3.8, 4) is 0 Å². The molecule has 20 heavy (non-hydrogen) atoms. The average molecular weight is 288 g/mol. The van der Waals surface area contributed by atoms with Crippen molar-refractivity contribution in [3.63, 3.8) is 0 Å². The molecule has 1 amide bonds. The molecule has 0 aliphatic heterocycles. The maximum Gasteiger partial charge on any atom is 0.328 e. The first-order valence-corrected chi connectivity index (χ1v) is 5.30. The molecule has 1 aromatic carbocycles. The van der Waals surface area contributed by atoms with Crippen molar-refractivity contribution in [3.05, 3.63) is 39.4 Å². The molecule has 1 atom stereocenters. The van der Waals surface area contributed by atoms with Gasteiger partial charge in [-0.3, -0.25) is 14.9 Å².